The van der Waals surface area contributed by atoms with Gasteiger partial charge >= 0.3 is 0 Å². The molecule has 2 aliphatic carbocycles. The summed E-state index contributed by atoms with van der Waals surface area (Å²) in [5.74, 6) is 0.781. The molecule has 0 radical (unpaired) electrons. The van der Waals surface area contributed by atoms with Crippen LogP contribution in [0, 0.1) is 11.8 Å². The molecule has 1 aromatic heterocycles. The van der Waals surface area contributed by atoms with E-state index < -0.39 is 12.2 Å². The van der Waals surface area contributed by atoms with Gasteiger partial charge in [0.2, 0.25) is 5.91 Å². The van der Waals surface area contributed by atoms with E-state index in [0.717, 1.165) is 43.6 Å². The van der Waals surface area contributed by atoms with Crippen LogP contribution >= 0.6 is 0 Å². The zero-order chi connectivity index (χ0) is 17.8. The van der Waals surface area contributed by atoms with Crippen molar-refractivity contribution in [3.63, 3.8) is 0 Å². The van der Waals surface area contributed by atoms with E-state index in [2.05, 4.69) is 23.2 Å². The lowest BCUT2D eigenvalue weighted by molar-refractivity contribution is -0.132. The number of aliphatic hydroxyl groups is 2. The molecule has 2 aromatic rings. The second-order valence-corrected chi connectivity index (χ2v) is 8.38. The lowest BCUT2D eigenvalue weighted by Gasteiger charge is -2.31. The van der Waals surface area contributed by atoms with Gasteiger partial charge in [0.25, 0.3) is 0 Å². The highest BCUT2D eigenvalue weighted by molar-refractivity contribution is 5.90. The van der Waals surface area contributed by atoms with Crippen LogP contribution in [0.1, 0.15) is 42.9 Å². The highest BCUT2D eigenvalue weighted by Gasteiger charge is 2.44. The number of nitrogens with one attached hydrogen (secondary N) is 1. The first-order valence-corrected chi connectivity index (χ1v) is 9.86. The molecule has 138 valence electrons. The number of para-hydroxylation sites is 1. The predicted octanol–water partition coefficient (Wildman–Crippen LogP) is 2.18. The third kappa shape index (κ3) is 2.48. The van der Waals surface area contributed by atoms with Crippen LogP contribution in [0.3, 0.4) is 0 Å². The van der Waals surface area contributed by atoms with Crippen LogP contribution in [-0.2, 0) is 11.2 Å². The second kappa shape index (κ2) is 6.10. The topological polar surface area (TPSA) is 76.6 Å². The lowest BCUT2D eigenvalue weighted by atomic mass is 9.79. The maximum Gasteiger partial charge on any atom is 0.231 e. The highest BCUT2D eigenvalue weighted by atomic mass is 16.3. The summed E-state index contributed by atoms with van der Waals surface area (Å²) in [6.45, 7) is 1.44. The van der Waals surface area contributed by atoms with E-state index in [0.29, 0.717) is 24.7 Å². The number of aryl methyl sites for hydroxylation is 1. The van der Waals surface area contributed by atoms with Crippen molar-refractivity contribution in [1.82, 2.24) is 9.88 Å². The van der Waals surface area contributed by atoms with Crippen LogP contribution in [-0.4, -0.2) is 51.3 Å². The van der Waals surface area contributed by atoms with Crippen LogP contribution in [0.4, 0.5) is 0 Å². The molecule has 1 saturated carbocycles. The summed E-state index contributed by atoms with van der Waals surface area (Å²) in [6, 6.07) is 8.32. The molecule has 1 unspecified atom stereocenters. The van der Waals surface area contributed by atoms with Crippen molar-refractivity contribution in [2.45, 2.75) is 50.2 Å². The summed E-state index contributed by atoms with van der Waals surface area (Å²) < 4.78 is 0. The van der Waals surface area contributed by atoms with Crippen LogP contribution < -0.4 is 0 Å². The summed E-state index contributed by atoms with van der Waals surface area (Å²) in [7, 11) is 0. The molecule has 5 nitrogen and oxygen atoms in total. The fourth-order valence-electron chi connectivity index (χ4n) is 5.47. The Bertz CT molecular complexity index is 827. The van der Waals surface area contributed by atoms with Gasteiger partial charge in [0.15, 0.2) is 0 Å². The number of carbonyl (C=O) groups excluding carboxylic acids is 1. The number of rotatable bonds is 1. The van der Waals surface area contributed by atoms with Gasteiger partial charge in [-0.3, -0.25) is 4.79 Å². The molecule has 2 heterocycles. The Labute approximate surface area is 153 Å². The van der Waals surface area contributed by atoms with Crippen molar-refractivity contribution in [2.75, 3.05) is 13.1 Å². The van der Waals surface area contributed by atoms with Crippen molar-refractivity contribution in [1.29, 1.82) is 0 Å². The fourth-order valence-corrected chi connectivity index (χ4v) is 5.47. The predicted molar refractivity (Wildman–Crippen MR) is 98.8 cm³/mol. The third-order valence-corrected chi connectivity index (χ3v) is 6.83. The molecule has 5 atom stereocenters. The summed E-state index contributed by atoms with van der Waals surface area (Å²) in [4.78, 5) is 18.8. The molecule has 1 saturated heterocycles. The molecule has 1 aromatic carbocycles. The number of fused-ring (bicyclic) bond motifs is 4. The Morgan fingerprint density at radius 3 is 2.50 bits per heavy atom. The van der Waals surface area contributed by atoms with Crippen molar-refractivity contribution in [3.8, 4) is 0 Å². The van der Waals surface area contributed by atoms with E-state index in [1.54, 1.807) is 0 Å². The Hall–Kier alpha value is -1.85. The molecule has 5 rings (SSSR count). The van der Waals surface area contributed by atoms with Gasteiger partial charge in [-0.25, -0.2) is 0 Å². The molecule has 3 N–H and O–H groups in total. The molecule has 3 aliphatic rings. The van der Waals surface area contributed by atoms with Gasteiger partial charge in [0.1, 0.15) is 0 Å². The zero-order valence-corrected chi connectivity index (χ0v) is 14.9. The van der Waals surface area contributed by atoms with Crippen molar-refractivity contribution in [2.24, 2.45) is 11.8 Å². The minimum absolute atomic E-state index is 0.0823. The van der Waals surface area contributed by atoms with E-state index in [1.807, 2.05) is 11.0 Å². The Morgan fingerprint density at radius 2 is 1.77 bits per heavy atom. The zero-order valence-electron chi connectivity index (χ0n) is 14.9. The molecular formula is C21H26N2O3. The Morgan fingerprint density at radius 1 is 1.08 bits per heavy atom. The molecule has 1 amide bonds. The number of benzene rings is 1. The average Bonchev–Trinajstić information content (AvgIpc) is 3.22. The number of aromatic amines is 1. The monoisotopic (exact) mass is 354 g/mol. The number of aliphatic hydroxyl groups excluding tert-OH is 2. The number of H-pyrrole nitrogens is 1. The smallest absolute Gasteiger partial charge is 0.231 e. The van der Waals surface area contributed by atoms with E-state index in [1.165, 1.54) is 10.9 Å². The SMILES string of the molecule is O=C(C1CCCc2c1[nH]c1ccccc21)N1C[C@H]2C[C@H](O)[C@H](O)C[C@H]2C1. The van der Waals surface area contributed by atoms with E-state index >= 15 is 0 Å². The van der Waals surface area contributed by atoms with Crippen LogP contribution in [0.5, 0.6) is 0 Å². The van der Waals surface area contributed by atoms with Crippen molar-refractivity contribution < 1.29 is 15.0 Å². The summed E-state index contributed by atoms with van der Waals surface area (Å²) in [6.07, 6.45) is 2.92. The van der Waals surface area contributed by atoms with Gasteiger partial charge in [-0.1, -0.05) is 18.2 Å². The first-order chi connectivity index (χ1) is 12.6. The maximum atomic E-state index is 13.3. The Balaban J connectivity index is 1.41. The molecular weight excluding hydrogens is 328 g/mol. The number of carbonyl (C=O) groups is 1. The number of hydrogen-bond acceptors (Lipinski definition) is 3. The first kappa shape index (κ1) is 16.3. The molecule has 26 heavy (non-hydrogen) atoms. The van der Waals surface area contributed by atoms with Gasteiger partial charge in [0.05, 0.1) is 18.1 Å². The molecule has 2 fully saturated rings. The summed E-state index contributed by atoms with van der Waals surface area (Å²) in [5.41, 5.74) is 3.54. The van der Waals surface area contributed by atoms with Crippen molar-refractivity contribution >= 4 is 16.8 Å². The summed E-state index contributed by atoms with van der Waals surface area (Å²) >= 11 is 0. The number of amides is 1. The minimum Gasteiger partial charge on any atom is -0.390 e. The standard InChI is InChI=1S/C21H26N2O3/c24-18-8-12-10-23(11-13(12)9-19(18)25)21(26)16-6-3-5-15-14-4-1-2-7-17(14)22-20(15)16/h1-2,4,7,12-13,16,18-19,22,24-25H,3,5-6,8-11H2/t12-,13+,16?,18+,19-. The number of likely N-dealkylation sites (tertiary alicyclic amines) is 1. The lowest BCUT2D eigenvalue weighted by Crippen LogP contribution is -2.38. The van der Waals surface area contributed by atoms with Gasteiger partial charge < -0.3 is 20.1 Å². The van der Waals surface area contributed by atoms with Gasteiger partial charge in [0, 0.05) is 29.7 Å². The molecule has 0 bridgehead atoms. The fraction of sp³-hybridized carbons (Fsp3) is 0.571. The van der Waals surface area contributed by atoms with Crippen LogP contribution in [0.15, 0.2) is 24.3 Å². The van der Waals surface area contributed by atoms with Crippen molar-refractivity contribution in [3.05, 3.63) is 35.5 Å². The molecule has 1 aliphatic heterocycles. The minimum atomic E-state index is -0.638. The quantitative estimate of drug-likeness (QED) is 0.735. The van der Waals surface area contributed by atoms with Gasteiger partial charge in [-0.05, 0) is 55.6 Å². The number of hydrogen-bond donors (Lipinski definition) is 3. The average molecular weight is 354 g/mol. The van der Waals surface area contributed by atoms with E-state index in [-0.39, 0.29) is 11.8 Å². The maximum absolute atomic E-state index is 13.3. The first-order valence-electron chi connectivity index (χ1n) is 9.86. The highest BCUT2D eigenvalue weighted by Crippen LogP contribution is 2.41. The van der Waals surface area contributed by atoms with Crippen LogP contribution in [0.2, 0.25) is 0 Å². The molecule has 0 spiro atoms. The van der Waals surface area contributed by atoms with Gasteiger partial charge in [-0.15, -0.1) is 0 Å². The summed E-state index contributed by atoms with van der Waals surface area (Å²) in [5, 5.41) is 21.2. The van der Waals surface area contributed by atoms with E-state index in [9.17, 15) is 15.0 Å². The normalized spacial score (nSPS) is 33.9. The van der Waals surface area contributed by atoms with Gasteiger partial charge in [-0.2, -0.15) is 0 Å². The molecule has 5 heteroatoms. The second-order valence-electron chi connectivity index (χ2n) is 8.38. The Kier molecular flexibility index (Phi) is 3.83. The third-order valence-electron chi connectivity index (χ3n) is 6.83. The van der Waals surface area contributed by atoms with E-state index in [4.69, 9.17) is 0 Å². The largest absolute Gasteiger partial charge is 0.390 e. The number of aromatic nitrogens is 1. The number of nitrogens with zero attached hydrogens (tertiary/aromatic N) is 1. The van der Waals surface area contributed by atoms with Crippen LogP contribution in [0.25, 0.3) is 10.9 Å².